The van der Waals surface area contributed by atoms with Crippen LogP contribution in [-0.4, -0.2) is 45.3 Å². The lowest BCUT2D eigenvalue weighted by molar-refractivity contribution is 0.179. The predicted molar refractivity (Wildman–Crippen MR) is 86.1 cm³/mol. The van der Waals surface area contributed by atoms with Crippen LogP contribution in [0.25, 0.3) is 0 Å². The number of rotatable bonds is 8. The molecular weight excluding hydrogens is 276 g/mol. The number of likely N-dealkylation sites (N-methyl/N-ethyl adjacent to an activating group) is 1. The fraction of sp³-hybridized carbons (Fsp3) is 0.600. The average molecular weight is 303 g/mol. The lowest BCUT2D eigenvalue weighted by atomic mass is 9.93. The van der Waals surface area contributed by atoms with Gasteiger partial charge in [0.15, 0.2) is 11.5 Å². The Balaban J connectivity index is 0.00000361. The molecule has 2 N–H and O–H groups in total. The Morgan fingerprint density at radius 3 is 2.35 bits per heavy atom. The van der Waals surface area contributed by atoms with Gasteiger partial charge >= 0.3 is 0 Å². The quantitative estimate of drug-likeness (QED) is 0.801. The summed E-state index contributed by atoms with van der Waals surface area (Å²) in [7, 11) is 3.74. The molecule has 0 aromatic heterocycles. The van der Waals surface area contributed by atoms with Crippen molar-refractivity contribution in [2.75, 3.05) is 40.4 Å². The van der Waals surface area contributed by atoms with Gasteiger partial charge in [0.05, 0.1) is 7.11 Å². The highest BCUT2D eigenvalue weighted by Crippen LogP contribution is 2.25. The van der Waals surface area contributed by atoms with Crippen LogP contribution < -0.4 is 15.2 Å². The van der Waals surface area contributed by atoms with Crippen molar-refractivity contribution >= 4 is 12.4 Å². The molecule has 4 nitrogen and oxygen atoms in total. The van der Waals surface area contributed by atoms with Gasteiger partial charge in [0.2, 0.25) is 0 Å². The number of nitrogens with zero attached hydrogens (tertiary/aromatic N) is 1. The molecule has 20 heavy (non-hydrogen) atoms. The number of benzene rings is 1. The Kier molecular flexibility index (Phi) is 8.62. The summed E-state index contributed by atoms with van der Waals surface area (Å²) in [5.41, 5.74) is 5.88. The van der Waals surface area contributed by atoms with E-state index in [4.69, 9.17) is 15.2 Å². The van der Waals surface area contributed by atoms with Crippen LogP contribution in [0.5, 0.6) is 11.5 Å². The van der Waals surface area contributed by atoms with Crippen LogP contribution in [0.15, 0.2) is 24.3 Å². The van der Waals surface area contributed by atoms with E-state index in [1.165, 1.54) is 0 Å². The maximum Gasteiger partial charge on any atom is 0.161 e. The van der Waals surface area contributed by atoms with Crippen LogP contribution in [0.4, 0.5) is 0 Å². The summed E-state index contributed by atoms with van der Waals surface area (Å²) in [6.07, 6.45) is 0. The van der Waals surface area contributed by atoms with E-state index < -0.39 is 0 Å². The van der Waals surface area contributed by atoms with Crippen molar-refractivity contribution in [1.29, 1.82) is 0 Å². The molecule has 0 aliphatic rings. The smallest absolute Gasteiger partial charge is 0.161 e. The highest BCUT2D eigenvalue weighted by Gasteiger charge is 2.17. The molecule has 0 heterocycles. The minimum Gasteiger partial charge on any atom is -0.493 e. The van der Waals surface area contributed by atoms with E-state index in [1.807, 2.05) is 24.3 Å². The molecule has 0 unspecified atom stereocenters. The third-order valence-corrected chi connectivity index (χ3v) is 3.05. The van der Waals surface area contributed by atoms with E-state index in [9.17, 15) is 0 Å². The Morgan fingerprint density at radius 1 is 1.20 bits per heavy atom. The SMILES string of the molecule is COc1ccccc1OCCN(C)CC(C)(C)CN.Cl. The van der Waals surface area contributed by atoms with E-state index in [0.29, 0.717) is 13.2 Å². The van der Waals surface area contributed by atoms with Gasteiger partial charge in [-0.3, -0.25) is 0 Å². The number of methoxy groups -OCH3 is 1. The monoisotopic (exact) mass is 302 g/mol. The molecule has 0 saturated carbocycles. The second-order valence-corrected chi connectivity index (χ2v) is 5.61. The first kappa shape index (κ1) is 19.0. The second kappa shape index (κ2) is 9.06. The van der Waals surface area contributed by atoms with Crippen LogP contribution in [0.1, 0.15) is 13.8 Å². The van der Waals surface area contributed by atoms with Crippen molar-refractivity contribution in [3.8, 4) is 11.5 Å². The summed E-state index contributed by atoms with van der Waals surface area (Å²) < 4.78 is 11.0. The Labute approximate surface area is 128 Å². The first-order chi connectivity index (χ1) is 8.98. The summed E-state index contributed by atoms with van der Waals surface area (Å²) in [6.45, 7) is 7.48. The highest BCUT2D eigenvalue weighted by molar-refractivity contribution is 5.85. The zero-order chi connectivity index (χ0) is 14.3. The molecule has 0 bridgehead atoms. The first-order valence-corrected chi connectivity index (χ1v) is 6.63. The van der Waals surface area contributed by atoms with Crippen LogP contribution in [0, 0.1) is 5.41 Å². The normalized spacial score (nSPS) is 11.1. The molecule has 0 aliphatic heterocycles. The maximum atomic E-state index is 5.75. The molecule has 0 aliphatic carbocycles. The molecule has 0 spiro atoms. The molecule has 0 fully saturated rings. The number of para-hydroxylation sites is 2. The Hall–Kier alpha value is -0.970. The Bertz CT molecular complexity index is 386. The molecule has 0 radical (unpaired) electrons. The summed E-state index contributed by atoms with van der Waals surface area (Å²) in [6, 6.07) is 7.69. The van der Waals surface area contributed by atoms with Gasteiger partial charge < -0.3 is 20.1 Å². The molecule has 0 saturated heterocycles. The summed E-state index contributed by atoms with van der Waals surface area (Å²) in [5, 5.41) is 0. The van der Waals surface area contributed by atoms with Gasteiger partial charge in [-0.2, -0.15) is 0 Å². The van der Waals surface area contributed by atoms with Crippen LogP contribution in [0.2, 0.25) is 0 Å². The van der Waals surface area contributed by atoms with Crippen molar-refractivity contribution < 1.29 is 9.47 Å². The van der Waals surface area contributed by atoms with Gasteiger partial charge in [0.25, 0.3) is 0 Å². The maximum absolute atomic E-state index is 5.75. The lowest BCUT2D eigenvalue weighted by Crippen LogP contribution is -2.38. The van der Waals surface area contributed by atoms with Gasteiger partial charge in [-0.25, -0.2) is 0 Å². The third kappa shape index (κ3) is 6.46. The summed E-state index contributed by atoms with van der Waals surface area (Å²) >= 11 is 0. The number of hydrogen-bond donors (Lipinski definition) is 1. The largest absolute Gasteiger partial charge is 0.493 e. The lowest BCUT2D eigenvalue weighted by Gasteiger charge is -2.28. The minimum absolute atomic E-state index is 0. The molecule has 5 heteroatoms. The van der Waals surface area contributed by atoms with Crippen molar-refractivity contribution in [2.45, 2.75) is 13.8 Å². The molecular formula is C15H27ClN2O2. The van der Waals surface area contributed by atoms with Gasteiger partial charge in [0, 0.05) is 13.1 Å². The van der Waals surface area contributed by atoms with Gasteiger partial charge in [-0.1, -0.05) is 26.0 Å². The predicted octanol–water partition coefficient (Wildman–Crippen LogP) is 2.41. The van der Waals surface area contributed by atoms with E-state index in [1.54, 1.807) is 7.11 Å². The zero-order valence-electron chi connectivity index (χ0n) is 12.9. The number of ether oxygens (including phenoxy) is 2. The van der Waals surface area contributed by atoms with Crippen LogP contribution >= 0.6 is 12.4 Å². The third-order valence-electron chi connectivity index (χ3n) is 3.05. The van der Waals surface area contributed by atoms with Crippen molar-refractivity contribution in [2.24, 2.45) is 11.1 Å². The average Bonchev–Trinajstić information content (AvgIpc) is 2.38. The molecule has 116 valence electrons. The first-order valence-electron chi connectivity index (χ1n) is 6.63. The van der Waals surface area contributed by atoms with Gasteiger partial charge in [0.1, 0.15) is 6.61 Å². The molecule has 1 rings (SSSR count). The van der Waals surface area contributed by atoms with Crippen molar-refractivity contribution in [3.63, 3.8) is 0 Å². The summed E-state index contributed by atoms with van der Waals surface area (Å²) in [5.74, 6) is 1.56. The number of halogens is 1. The number of nitrogens with two attached hydrogens (primary N) is 1. The second-order valence-electron chi connectivity index (χ2n) is 5.61. The topological polar surface area (TPSA) is 47.7 Å². The van der Waals surface area contributed by atoms with E-state index in [-0.39, 0.29) is 17.8 Å². The standard InChI is InChI=1S/C15H26N2O2.ClH/c1-15(2,11-16)12-17(3)9-10-19-14-8-6-5-7-13(14)18-4;/h5-8H,9-12,16H2,1-4H3;1H. The van der Waals surface area contributed by atoms with E-state index >= 15 is 0 Å². The summed E-state index contributed by atoms with van der Waals surface area (Å²) in [4.78, 5) is 2.24. The fourth-order valence-corrected chi connectivity index (χ4v) is 1.92. The van der Waals surface area contributed by atoms with Gasteiger partial charge in [-0.15, -0.1) is 12.4 Å². The van der Waals surface area contributed by atoms with Crippen molar-refractivity contribution in [3.05, 3.63) is 24.3 Å². The van der Waals surface area contributed by atoms with Crippen LogP contribution in [-0.2, 0) is 0 Å². The number of hydrogen-bond acceptors (Lipinski definition) is 4. The minimum atomic E-state index is 0. The molecule has 0 amide bonds. The molecule has 0 atom stereocenters. The van der Waals surface area contributed by atoms with E-state index in [2.05, 4.69) is 25.8 Å². The molecule has 1 aromatic carbocycles. The van der Waals surface area contributed by atoms with Crippen molar-refractivity contribution in [1.82, 2.24) is 4.90 Å². The molecule has 1 aromatic rings. The fourth-order valence-electron chi connectivity index (χ4n) is 1.92. The Morgan fingerprint density at radius 2 is 1.80 bits per heavy atom. The van der Waals surface area contributed by atoms with Crippen LogP contribution in [0.3, 0.4) is 0 Å². The van der Waals surface area contributed by atoms with Gasteiger partial charge in [-0.05, 0) is 31.1 Å². The van der Waals surface area contributed by atoms with E-state index in [0.717, 1.165) is 24.6 Å². The highest BCUT2D eigenvalue weighted by atomic mass is 35.5. The zero-order valence-corrected chi connectivity index (χ0v) is 13.7.